The molecule has 0 heterocycles. The second-order valence-corrected chi connectivity index (χ2v) is 10.3. The average molecular weight is 304 g/mol. The van der Waals surface area contributed by atoms with E-state index in [0.717, 1.165) is 13.0 Å². The quantitative estimate of drug-likeness (QED) is 0.784. The molecular formula is C16H33NO2S. The van der Waals surface area contributed by atoms with E-state index in [1.807, 2.05) is 0 Å². The van der Waals surface area contributed by atoms with Crippen molar-refractivity contribution in [3.8, 4) is 0 Å². The highest BCUT2D eigenvalue weighted by Crippen LogP contribution is 2.33. The third kappa shape index (κ3) is 6.13. The summed E-state index contributed by atoms with van der Waals surface area (Å²) < 4.78 is 24.1. The summed E-state index contributed by atoms with van der Waals surface area (Å²) in [6.07, 6.45) is 5.99. The smallest absolute Gasteiger partial charge is 0.152 e. The van der Waals surface area contributed by atoms with E-state index in [1.54, 1.807) is 13.8 Å². The van der Waals surface area contributed by atoms with Crippen LogP contribution in [0.4, 0.5) is 0 Å². The molecular weight excluding hydrogens is 270 g/mol. The number of nitrogens with one attached hydrogen (secondary N) is 1. The Bertz CT molecular complexity index is 376. The fourth-order valence-electron chi connectivity index (χ4n) is 2.92. The van der Waals surface area contributed by atoms with Gasteiger partial charge in [0.25, 0.3) is 0 Å². The largest absolute Gasteiger partial charge is 0.312 e. The normalized spacial score (nSPS) is 19.7. The van der Waals surface area contributed by atoms with Gasteiger partial charge in [0, 0.05) is 5.54 Å². The van der Waals surface area contributed by atoms with Crippen LogP contribution in [-0.2, 0) is 9.84 Å². The Morgan fingerprint density at radius 2 is 1.70 bits per heavy atom. The predicted octanol–water partition coefficient (Wildman–Crippen LogP) is 3.39. The molecule has 1 aliphatic carbocycles. The van der Waals surface area contributed by atoms with Crippen molar-refractivity contribution >= 4 is 9.84 Å². The van der Waals surface area contributed by atoms with Gasteiger partial charge in [0.05, 0.1) is 11.0 Å². The molecule has 1 rings (SSSR count). The Balaban J connectivity index is 2.58. The van der Waals surface area contributed by atoms with Gasteiger partial charge in [0.1, 0.15) is 0 Å². The van der Waals surface area contributed by atoms with Gasteiger partial charge < -0.3 is 5.32 Å². The zero-order valence-electron chi connectivity index (χ0n) is 13.9. The molecule has 120 valence electrons. The first-order valence-corrected chi connectivity index (χ1v) is 9.80. The minimum atomic E-state index is -2.90. The van der Waals surface area contributed by atoms with E-state index in [0.29, 0.717) is 17.6 Å². The lowest BCUT2D eigenvalue weighted by Crippen LogP contribution is -2.41. The van der Waals surface area contributed by atoms with E-state index >= 15 is 0 Å². The van der Waals surface area contributed by atoms with E-state index in [9.17, 15) is 8.42 Å². The van der Waals surface area contributed by atoms with Crippen LogP contribution in [0, 0.1) is 11.8 Å². The van der Waals surface area contributed by atoms with Gasteiger partial charge >= 0.3 is 0 Å². The standard InChI is InChI=1S/C16H33NO2S/c1-13(2)20(18,19)11-10-15(12-17-16(3,4)5)14-8-6-7-9-14/h13-15,17H,6-12H2,1-5H3. The third-order valence-corrected chi connectivity index (χ3v) is 6.69. The van der Waals surface area contributed by atoms with Crippen molar-refractivity contribution in [2.75, 3.05) is 12.3 Å². The number of rotatable bonds is 7. The second kappa shape index (κ2) is 7.26. The van der Waals surface area contributed by atoms with Gasteiger partial charge in [-0.25, -0.2) is 8.42 Å². The third-order valence-electron chi connectivity index (χ3n) is 4.45. The molecule has 0 saturated heterocycles. The molecule has 0 aromatic heterocycles. The average Bonchev–Trinajstić information content (AvgIpc) is 2.80. The summed E-state index contributed by atoms with van der Waals surface area (Å²) in [5.74, 6) is 1.56. The zero-order valence-corrected chi connectivity index (χ0v) is 14.7. The molecule has 0 aromatic rings. The Kier molecular flexibility index (Phi) is 6.52. The molecule has 4 heteroatoms. The molecule has 0 amide bonds. The highest BCUT2D eigenvalue weighted by molar-refractivity contribution is 7.91. The van der Waals surface area contributed by atoms with Gasteiger partial charge in [0.2, 0.25) is 0 Å². The van der Waals surface area contributed by atoms with Crippen molar-refractivity contribution in [2.45, 2.75) is 77.5 Å². The van der Waals surface area contributed by atoms with Crippen LogP contribution in [0.2, 0.25) is 0 Å². The summed E-state index contributed by atoms with van der Waals surface area (Å²) in [4.78, 5) is 0. The second-order valence-electron chi connectivity index (χ2n) is 7.64. The minimum absolute atomic E-state index is 0.105. The fourth-order valence-corrected chi connectivity index (χ4v) is 4.02. The molecule has 1 aliphatic rings. The summed E-state index contributed by atoms with van der Waals surface area (Å²) in [6.45, 7) is 11.0. The minimum Gasteiger partial charge on any atom is -0.312 e. The van der Waals surface area contributed by atoms with Crippen LogP contribution in [0.25, 0.3) is 0 Å². The monoisotopic (exact) mass is 303 g/mol. The summed E-state index contributed by atoms with van der Waals surface area (Å²) in [7, 11) is -2.90. The van der Waals surface area contributed by atoms with E-state index in [-0.39, 0.29) is 10.8 Å². The van der Waals surface area contributed by atoms with Crippen LogP contribution in [0.5, 0.6) is 0 Å². The summed E-state index contributed by atoms with van der Waals surface area (Å²) in [5.41, 5.74) is 0.105. The van der Waals surface area contributed by atoms with Crippen molar-refractivity contribution in [1.29, 1.82) is 0 Å². The summed E-state index contributed by atoms with van der Waals surface area (Å²) in [5, 5.41) is 3.32. The lowest BCUT2D eigenvalue weighted by atomic mass is 9.88. The molecule has 1 N–H and O–H groups in total. The highest BCUT2D eigenvalue weighted by Gasteiger charge is 2.28. The highest BCUT2D eigenvalue weighted by atomic mass is 32.2. The Morgan fingerprint density at radius 3 is 2.15 bits per heavy atom. The molecule has 20 heavy (non-hydrogen) atoms. The molecule has 1 unspecified atom stereocenters. The van der Waals surface area contributed by atoms with Crippen molar-refractivity contribution < 1.29 is 8.42 Å². The van der Waals surface area contributed by atoms with Gasteiger partial charge in [-0.15, -0.1) is 0 Å². The van der Waals surface area contributed by atoms with E-state index in [4.69, 9.17) is 0 Å². The zero-order chi connectivity index (χ0) is 15.4. The topological polar surface area (TPSA) is 46.2 Å². The van der Waals surface area contributed by atoms with Crippen LogP contribution in [-0.4, -0.2) is 31.5 Å². The molecule has 1 atom stereocenters. The molecule has 0 aliphatic heterocycles. The molecule has 0 aromatic carbocycles. The van der Waals surface area contributed by atoms with Crippen LogP contribution in [0.15, 0.2) is 0 Å². The van der Waals surface area contributed by atoms with Gasteiger partial charge in [0.15, 0.2) is 9.84 Å². The molecule has 0 bridgehead atoms. The first kappa shape index (κ1) is 18.0. The van der Waals surface area contributed by atoms with Gasteiger partial charge in [-0.1, -0.05) is 25.7 Å². The van der Waals surface area contributed by atoms with Crippen LogP contribution < -0.4 is 5.32 Å². The summed E-state index contributed by atoms with van der Waals surface area (Å²) >= 11 is 0. The Hall–Kier alpha value is -0.0900. The van der Waals surface area contributed by atoms with Gasteiger partial charge in [-0.3, -0.25) is 0 Å². The van der Waals surface area contributed by atoms with Crippen LogP contribution >= 0.6 is 0 Å². The molecule has 0 radical (unpaired) electrons. The van der Waals surface area contributed by atoms with Gasteiger partial charge in [-0.05, 0) is 59.4 Å². The lowest BCUT2D eigenvalue weighted by Gasteiger charge is -2.29. The number of hydrogen-bond donors (Lipinski definition) is 1. The first-order valence-electron chi connectivity index (χ1n) is 8.08. The van der Waals surface area contributed by atoms with Crippen molar-refractivity contribution in [3.63, 3.8) is 0 Å². The van der Waals surface area contributed by atoms with Crippen LogP contribution in [0.3, 0.4) is 0 Å². The van der Waals surface area contributed by atoms with Crippen molar-refractivity contribution in [1.82, 2.24) is 5.32 Å². The van der Waals surface area contributed by atoms with Crippen LogP contribution in [0.1, 0.15) is 66.7 Å². The molecule has 0 spiro atoms. The number of sulfone groups is 1. The molecule has 1 fully saturated rings. The predicted molar refractivity (Wildman–Crippen MR) is 86.7 cm³/mol. The lowest BCUT2D eigenvalue weighted by molar-refractivity contribution is 0.282. The Morgan fingerprint density at radius 1 is 1.15 bits per heavy atom. The molecule has 3 nitrogen and oxygen atoms in total. The van der Waals surface area contributed by atoms with Gasteiger partial charge in [-0.2, -0.15) is 0 Å². The van der Waals surface area contributed by atoms with Crippen molar-refractivity contribution in [2.24, 2.45) is 11.8 Å². The maximum absolute atomic E-state index is 12.0. The SMILES string of the molecule is CC(C)S(=O)(=O)CCC(CNC(C)(C)C)C1CCCC1. The van der Waals surface area contributed by atoms with E-state index in [1.165, 1.54) is 25.7 Å². The van der Waals surface area contributed by atoms with Crippen molar-refractivity contribution in [3.05, 3.63) is 0 Å². The first-order chi connectivity index (χ1) is 9.12. The number of hydrogen-bond acceptors (Lipinski definition) is 3. The summed E-state index contributed by atoms with van der Waals surface area (Å²) in [6, 6.07) is 0. The van der Waals surface area contributed by atoms with E-state index in [2.05, 4.69) is 26.1 Å². The van der Waals surface area contributed by atoms with E-state index < -0.39 is 9.84 Å². The fraction of sp³-hybridized carbons (Fsp3) is 1.00. The maximum Gasteiger partial charge on any atom is 0.152 e. The molecule has 1 saturated carbocycles. The maximum atomic E-state index is 12.0. The Labute approximate surface area is 125 Å².